The second-order valence-electron chi connectivity index (χ2n) is 4.47. The third kappa shape index (κ3) is 3.65. The summed E-state index contributed by atoms with van der Waals surface area (Å²) >= 11 is 0. The molecule has 1 aromatic heterocycles. The predicted molar refractivity (Wildman–Crippen MR) is 66.2 cm³/mol. The van der Waals surface area contributed by atoms with Crippen molar-refractivity contribution >= 4 is 11.5 Å². The number of aromatic nitrogens is 1. The van der Waals surface area contributed by atoms with Gasteiger partial charge in [0.25, 0.3) is 0 Å². The van der Waals surface area contributed by atoms with Gasteiger partial charge < -0.3 is 15.4 Å². The van der Waals surface area contributed by atoms with Crippen molar-refractivity contribution in [3.05, 3.63) is 12.1 Å². The van der Waals surface area contributed by atoms with Gasteiger partial charge in [0.15, 0.2) is 0 Å². The summed E-state index contributed by atoms with van der Waals surface area (Å²) in [6, 6.07) is 2.94. The van der Waals surface area contributed by atoms with Crippen LogP contribution in [0.4, 0.5) is 24.7 Å². The zero-order chi connectivity index (χ0) is 14.0. The maximum atomic E-state index is 12.6. The fraction of sp³-hybridized carbons (Fsp3) is 0.583. The van der Waals surface area contributed by atoms with Crippen LogP contribution in [-0.2, 0) is 0 Å². The minimum atomic E-state index is -4.25. The van der Waals surface area contributed by atoms with Crippen molar-refractivity contribution in [3.8, 4) is 5.88 Å². The number of anilines is 2. The molecule has 0 amide bonds. The van der Waals surface area contributed by atoms with Gasteiger partial charge in [-0.25, -0.2) is 0 Å². The van der Waals surface area contributed by atoms with Gasteiger partial charge in [0, 0.05) is 6.04 Å². The van der Waals surface area contributed by atoms with E-state index in [1.54, 1.807) is 6.92 Å². The van der Waals surface area contributed by atoms with Gasteiger partial charge in [-0.05, 0) is 31.9 Å². The van der Waals surface area contributed by atoms with E-state index in [0.29, 0.717) is 12.3 Å². The molecule has 106 valence electrons. The Balaban J connectivity index is 2.24. The van der Waals surface area contributed by atoms with E-state index in [1.165, 1.54) is 17.0 Å². The summed E-state index contributed by atoms with van der Waals surface area (Å²) < 4.78 is 43.0. The monoisotopic (exact) mass is 275 g/mol. The van der Waals surface area contributed by atoms with E-state index in [0.717, 1.165) is 12.8 Å². The quantitative estimate of drug-likeness (QED) is 0.897. The van der Waals surface area contributed by atoms with Gasteiger partial charge in [0.05, 0.1) is 12.3 Å². The average Bonchev–Trinajstić information content (AvgIpc) is 3.12. The summed E-state index contributed by atoms with van der Waals surface area (Å²) in [5.74, 6) is 0.449. The van der Waals surface area contributed by atoms with Gasteiger partial charge in [0.2, 0.25) is 5.88 Å². The highest BCUT2D eigenvalue weighted by atomic mass is 19.4. The Morgan fingerprint density at radius 3 is 2.63 bits per heavy atom. The smallest absolute Gasteiger partial charge is 0.405 e. The number of nitrogen functional groups attached to an aromatic ring is 1. The molecular formula is C12H16F3N3O. The number of hydrogen-bond donors (Lipinski definition) is 1. The van der Waals surface area contributed by atoms with Crippen LogP contribution in [0.15, 0.2) is 12.1 Å². The number of nitrogens with zero attached hydrogens (tertiary/aromatic N) is 2. The van der Waals surface area contributed by atoms with Crippen LogP contribution in [0.2, 0.25) is 0 Å². The van der Waals surface area contributed by atoms with Crippen molar-refractivity contribution in [1.29, 1.82) is 0 Å². The molecular weight excluding hydrogens is 259 g/mol. The number of hydrogen-bond acceptors (Lipinski definition) is 4. The second kappa shape index (κ2) is 5.14. The van der Waals surface area contributed by atoms with Crippen LogP contribution in [0, 0.1) is 0 Å². The van der Waals surface area contributed by atoms with Crippen molar-refractivity contribution < 1.29 is 17.9 Å². The van der Waals surface area contributed by atoms with E-state index in [4.69, 9.17) is 10.5 Å². The number of ether oxygens (including phenoxy) is 1. The second-order valence-corrected chi connectivity index (χ2v) is 4.47. The molecule has 0 bridgehead atoms. The van der Waals surface area contributed by atoms with Crippen LogP contribution in [0.3, 0.4) is 0 Å². The number of alkyl halides is 3. The van der Waals surface area contributed by atoms with Gasteiger partial charge in [-0.15, -0.1) is 0 Å². The van der Waals surface area contributed by atoms with E-state index in [2.05, 4.69) is 4.98 Å². The van der Waals surface area contributed by atoms with Crippen LogP contribution in [-0.4, -0.2) is 30.4 Å². The standard InChI is InChI=1S/C12H16F3N3O/c1-2-19-11-9(16)5-6-10(17-11)18(8-3-4-8)7-12(13,14)15/h5-6,8H,2-4,7,16H2,1H3. The van der Waals surface area contributed by atoms with Gasteiger partial charge in [-0.3, -0.25) is 0 Å². The molecule has 2 rings (SSSR count). The fourth-order valence-corrected chi connectivity index (χ4v) is 1.83. The van der Waals surface area contributed by atoms with E-state index in [-0.39, 0.29) is 17.7 Å². The normalized spacial score (nSPS) is 15.4. The third-order valence-corrected chi connectivity index (χ3v) is 2.79. The zero-order valence-electron chi connectivity index (χ0n) is 10.6. The molecule has 1 aliphatic carbocycles. The van der Waals surface area contributed by atoms with Crippen LogP contribution in [0.25, 0.3) is 0 Å². The topological polar surface area (TPSA) is 51.4 Å². The first-order valence-corrected chi connectivity index (χ1v) is 6.13. The van der Waals surface area contributed by atoms with Gasteiger partial charge >= 0.3 is 6.18 Å². The SMILES string of the molecule is CCOc1nc(N(CC(F)(F)F)C2CC2)ccc1N. The van der Waals surface area contributed by atoms with E-state index < -0.39 is 12.7 Å². The van der Waals surface area contributed by atoms with Crippen LogP contribution >= 0.6 is 0 Å². The summed E-state index contributed by atoms with van der Waals surface area (Å²) in [6.07, 6.45) is -2.74. The van der Waals surface area contributed by atoms with E-state index in [1.807, 2.05) is 0 Å². The molecule has 2 N–H and O–H groups in total. The van der Waals surface area contributed by atoms with Crippen molar-refractivity contribution in [1.82, 2.24) is 4.98 Å². The summed E-state index contributed by atoms with van der Waals surface area (Å²) in [7, 11) is 0. The van der Waals surface area contributed by atoms with E-state index >= 15 is 0 Å². The molecule has 4 nitrogen and oxygen atoms in total. The lowest BCUT2D eigenvalue weighted by Gasteiger charge is -2.25. The Bertz CT molecular complexity index is 446. The minimum absolute atomic E-state index is 0.0905. The molecule has 0 atom stereocenters. The van der Waals surface area contributed by atoms with Crippen LogP contribution < -0.4 is 15.4 Å². The molecule has 7 heteroatoms. The average molecular weight is 275 g/mol. The summed E-state index contributed by atoms with van der Waals surface area (Å²) in [5, 5.41) is 0. The molecule has 1 aromatic rings. The lowest BCUT2D eigenvalue weighted by atomic mass is 10.3. The molecule has 0 aromatic carbocycles. The number of halogens is 3. The summed E-state index contributed by atoms with van der Waals surface area (Å²) in [5.41, 5.74) is 5.99. The van der Waals surface area contributed by atoms with Crippen molar-refractivity contribution in [2.75, 3.05) is 23.8 Å². The van der Waals surface area contributed by atoms with Crippen molar-refractivity contribution in [2.24, 2.45) is 0 Å². The van der Waals surface area contributed by atoms with Crippen molar-refractivity contribution in [3.63, 3.8) is 0 Å². The van der Waals surface area contributed by atoms with E-state index in [9.17, 15) is 13.2 Å². The molecule has 0 radical (unpaired) electrons. The third-order valence-electron chi connectivity index (χ3n) is 2.79. The van der Waals surface area contributed by atoms with Crippen LogP contribution in [0.1, 0.15) is 19.8 Å². The maximum absolute atomic E-state index is 12.6. The maximum Gasteiger partial charge on any atom is 0.405 e. The molecule has 0 saturated heterocycles. The fourth-order valence-electron chi connectivity index (χ4n) is 1.83. The molecule has 1 aliphatic rings. The largest absolute Gasteiger partial charge is 0.476 e. The molecule has 1 fully saturated rings. The predicted octanol–water partition coefficient (Wildman–Crippen LogP) is 2.59. The molecule has 19 heavy (non-hydrogen) atoms. The molecule has 1 saturated carbocycles. The number of pyridine rings is 1. The Morgan fingerprint density at radius 1 is 1.42 bits per heavy atom. The Hall–Kier alpha value is -1.66. The first kappa shape index (κ1) is 13.8. The first-order chi connectivity index (χ1) is 8.90. The highest BCUT2D eigenvalue weighted by Gasteiger charge is 2.38. The highest BCUT2D eigenvalue weighted by molar-refractivity contribution is 5.55. The minimum Gasteiger partial charge on any atom is -0.476 e. The van der Waals surface area contributed by atoms with Gasteiger partial charge in [-0.2, -0.15) is 18.2 Å². The number of nitrogens with two attached hydrogens (primary N) is 1. The Kier molecular flexibility index (Phi) is 3.73. The lowest BCUT2D eigenvalue weighted by molar-refractivity contribution is -0.120. The van der Waals surface area contributed by atoms with Gasteiger partial charge in [-0.1, -0.05) is 0 Å². The van der Waals surface area contributed by atoms with Gasteiger partial charge in [0.1, 0.15) is 12.4 Å². The zero-order valence-corrected chi connectivity index (χ0v) is 10.6. The molecule has 0 spiro atoms. The Morgan fingerprint density at radius 2 is 2.11 bits per heavy atom. The number of rotatable bonds is 5. The van der Waals surface area contributed by atoms with Crippen LogP contribution in [0.5, 0.6) is 5.88 Å². The lowest BCUT2D eigenvalue weighted by Crippen LogP contribution is -2.36. The Labute approximate surface area is 109 Å². The summed E-state index contributed by atoms with van der Waals surface area (Å²) in [6.45, 7) is 1.13. The first-order valence-electron chi connectivity index (χ1n) is 6.13. The van der Waals surface area contributed by atoms with Crippen molar-refractivity contribution in [2.45, 2.75) is 32.0 Å². The molecule has 0 unspecified atom stereocenters. The molecule has 1 heterocycles. The molecule has 0 aliphatic heterocycles. The highest BCUT2D eigenvalue weighted by Crippen LogP contribution is 2.35. The summed E-state index contributed by atoms with van der Waals surface area (Å²) in [4.78, 5) is 5.35.